The van der Waals surface area contributed by atoms with Crippen molar-refractivity contribution in [3.8, 4) is 0 Å². The van der Waals surface area contributed by atoms with E-state index in [9.17, 15) is 4.79 Å². The lowest BCUT2D eigenvalue weighted by molar-refractivity contribution is -0.203. The van der Waals surface area contributed by atoms with Gasteiger partial charge in [-0.05, 0) is 121 Å². The van der Waals surface area contributed by atoms with E-state index in [1.54, 1.807) is 0 Å². The van der Waals surface area contributed by atoms with Gasteiger partial charge in [0.15, 0.2) is 30.9 Å². The Balaban J connectivity index is 1.12. The monoisotopic (exact) mass is 738 g/mol. The molecule has 9 atom stereocenters. The minimum atomic E-state index is -0.223. The lowest BCUT2D eigenvalue weighted by Crippen LogP contribution is -2.31. The SMILES string of the molecule is O=C(CCCC=CC[C@@H]1[C@@H](C=CC(CCc2ccccc2)OC2CCCCO2)[C@H](OC2CCCCO2)C[C@@H]1OC1CCCCO1)COC1CCCCO1. The molecule has 296 valence electrons. The molecule has 9 nitrogen and oxygen atoms in total. The van der Waals surface area contributed by atoms with Gasteiger partial charge in [0.2, 0.25) is 0 Å². The first-order valence-electron chi connectivity index (χ1n) is 21.1. The van der Waals surface area contributed by atoms with Gasteiger partial charge in [0.1, 0.15) is 6.61 Å². The molecule has 4 saturated heterocycles. The van der Waals surface area contributed by atoms with Crippen molar-refractivity contribution in [1.82, 2.24) is 0 Å². The van der Waals surface area contributed by atoms with Crippen LogP contribution in [0.15, 0.2) is 54.6 Å². The van der Waals surface area contributed by atoms with Crippen molar-refractivity contribution in [3.05, 3.63) is 60.2 Å². The van der Waals surface area contributed by atoms with Crippen LogP contribution < -0.4 is 0 Å². The van der Waals surface area contributed by atoms with E-state index in [0.29, 0.717) is 6.42 Å². The fourth-order valence-electron chi connectivity index (χ4n) is 8.31. The minimum absolute atomic E-state index is 0.00270. The van der Waals surface area contributed by atoms with Crippen molar-refractivity contribution in [3.63, 3.8) is 0 Å². The first-order chi connectivity index (χ1) is 26.2. The fraction of sp³-hybridized carbons (Fsp3) is 0.750. The molecule has 1 aromatic rings. The van der Waals surface area contributed by atoms with Gasteiger partial charge in [-0.2, -0.15) is 0 Å². The molecular formula is C44H66O9. The maximum atomic E-state index is 12.5. The number of allylic oxidation sites excluding steroid dienone is 2. The summed E-state index contributed by atoms with van der Waals surface area (Å²) < 4.78 is 49.8. The zero-order chi connectivity index (χ0) is 36.3. The number of aryl methyl sites for hydroxylation is 1. The maximum Gasteiger partial charge on any atom is 0.158 e. The Kier molecular flexibility index (Phi) is 17.8. The third-order valence-corrected chi connectivity index (χ3v) is 11.3. The van der Waals surface area contributed by atoms with Crippen LogP contribution in [0.25, 0.3) is 0 Å². The van der Waals surface area contributed by atoms with Crippen LogP contribution in [-0.2, 0) is 49.1 Å². The average molecular weight is 739 g/mol. The lowest BCUT2D eigenvalue weighted by Gasteiger charge is -2.30. The highest BCUT2D eigenvalue weighted by Gasteiger charge is 2.45. The molecule has 0 spiro atoms. The summed E-state index contributed by atoms with van der Waals surface area (Å²) in [7, 11) is 0. The highest BCUT2D eigenvalue weighted by Crippen LogP contribution is 2.42. The van der Waals surface area contributed by atoms with Gasteiger partial charge >= 0.3 is 0 Å². The molecule has 6 rings (SSSR count). The molecule has 1 aromatic carbocycles. The van der Waals surface area contributed by atoms with Crippen molar-refractivity contribution in [2.24, 2.45) is 11.8 Å². The predicted octanol–water partition coefficient (Wildman–Crippen LogP) is 8.78. The van der Waals surface area contributed by atoms with Gasteiger partial charge < -0.3 is 37.9 Å². The second kappa shape index (κ2) is 23.2. The van der Waals surface area contributed by atoms with Crippen LogP contribution >= 0.6 is 0 Å². The van der Waals surface area contributed by atoms with Gasteiger partial charge in [0.25, 0.3) is 0 Å². The molecule has 0 amide bonds. The highest BCUT2D eigenvalue weighted by atomic mass is 16.7. The zero-order valence-electron chi connectivity index (χ0n) is 32.0. The molecule has 0 N–H and O–H groups in total. The summed E-state index contributed by atoms with van der Waals surface area (Å²) >= 11 is 0. The van der Waals surface area contributed by atoms with Gasteiger partial charge in [-0.3, -0.25) is 4.79 Å². The molecule has 5 fully saturated rings. The zero-order valence-corrected chi connectivity index (χ0v) is 32.0. The van der Waals surface area contributed by atoms with E-state index in [0.717, 1.165) is 142 Å². The summed E-state index contributed by atoms with van der Waals surface area (Å²) in [6.45, 7) is 3.12. The summed E-state index contributed by atoms with van der Waals surface area (Å²) in [6.07, 6.45) is 26.4. The molecule has 9 heteroatoms. The number of ketones is 1. The van der Waals surface area contributed by atoms with Crippen LogP contribution in [0.2, 0.25) is 0 Å². The van der Waals surface area contributed by atoms with Gasteiger partial charge in [0, 0.05) is 45.2 Å². The Hall–Kier alpha value is -1.95. The second-order valence-electron chi connectivity index (χ2n) is 15.5. The number of Topliss-reactive ketones (excluding diaryl/α,β-unsaturated/α-hetero) is 1. The van der Waals surface area contributed by atoms with Crippen molar-refractivity contribution in [2.45, 2.75) is 165 Å². The smallest absolute Gasteiger partial charge is 0.158 e. The standard InChI is InChI=1S/C44H66O9/c45-35(33-50-41-20-8-12-28-46-41)18-6-1-2-7-19-37-38(27-26-36(51-42-21-9-13-29-47-42)25-24-34-16-4-3-5-17-34)40(53-44-23-11-15-31-49-44)32-39(37)52-43-22-10-14-30-48-43/h2-5,7,16-17,26-27,36-44H,1,6,8-15,18-25,28-33H2/t36?,37-,38-,39+,40-,41?,42?,43?,44?/m1/s1. The molecule has 4 aliphatic heterocycles. The van der Waals surface area contributed by atoms with Gasteiger partial charge in [0.05, 0.1) is 18.3 Å². The highest BCUT2D eigenvalue weighted by molar-refractivity contribution is 5.79. The number of rotatable bonds is 20. The maximum absolute atomic E-state index is 12.5. The number of benzene rings is 1. The van der Waals surface area contributed by atoms with E-state index in [2.05, 4.69) is 54.6 Å². The summed E-state index contributed by atoms with van der Waals surface area (Å²) in [5.41, 5.74) is 1.31. The van der Waals surface area contributed by atoms with Gasteiger partial charge in [-0.25, -0.2) is 0 Å². The van der Waals surface area contributed by atoms with Crippen LogP contribution in [-0.4, -0.2) is 82.3 Å². The van der Waals surface area contributed by atoms with E-state index < -0.39 is 0 Å². The van der Waals surface area contributed by atoms with Crippen LogP contribution in [0.5, 0.6) is 0 Å². The molecule has 5 unspecified atom stereocenters. The number of hydrogen-bond donors (Lipinski definition) is 0. The van der Waals surface area contributed by atoms with Gasteiger partial charge in [-0.1, -0.05) is 54.6 Å². The fourth-order valence-corrected chi connectivity index (χ4v) is 8.31. The number of hydrogen-bond acceptors (Lipinski definition) is 9. The van der Waals surface area contributed by atoms with E-state index in [-0.39, 0.29) is 67.7 Å². The molecule has 1 saturated carbocycles. The van der Waals surface area contributed by atoms with Crippen molar-refractivity contribution in [1.29, 1.82) is 0 Å². The molecule has 0 aromatic heterocycles. The molecular weight excluding hydrogens is 672 g/mol. The summed E-state index contributed by atoms with van der Waals surface area (Å²) in [6, 6.07) is 10.7. The summed E-state index contributed by atoms with van der Waals surface area (Å²) in [5.74, 6) is 0.463. The quantitative estimate of drug-likeness (QED) is 0.0962. The lowest BCUT2D eigenvalue weighted by atomic mass is 9.89. The van der Waals surface area contributed by atoms with E-state index in [1.165, 1.54) is 5.56 Å². The van der Waals surface area contributed by atoms with Crippen molar-refractivity contribution >= 4 is 5.78 Å². The van der Waals surface area contributed by atoms with E-state index >= 15 is 0 Å². The first-order valence-corrected chi connectivity index (χ1v) is 21.1. The summed E-state index contributed by atoms with van der Waals surface area (Å²) in [5, 5.41) is 0. The minimum Gasteiger partial charge on any atom is -0.353 e. The van der Waals surface area contributed by atoms with E-state index in [4.69, 9.17) is 37.9 Å². The van der Waals surface area contributed by atoms with E-state index in [1.807, 2.05) is 0 Å². The van der Waals surface area contributed by atoms with Crippen LogP contribution in [0, 0.1) is 11.8 Å². The van der Waals surface area contributed by atoms with Crippen LogP contribution in [0.1, 0.15) is 121 Å². The average Bonchev–Trinajstić information content (AvgIpc) is 3.52. The number of carbonyl (C=O) groups is 1. The Morgan fingerprint density at radius 1 is 0.736 bits per heavy atom. The van der Waals surface area contributed by atoms with Crippen LogP contribution in [0.3, 0.4) is 0 Å². The van der Waals surface area contributed by atoms with Crippen molar-refractivity contribution < 1.29 is 42.7 Å². The predicted molar refractivity (Wildman–Crippen MR) is 203 cm³/mol. The second-order valence-corrected chi connectivity index (χ2v) is 15.5. The largest absolute Gasteiger partial charge is 0.353 e. The van der Waals surface area contributed by atoms with Crippen LogP contribution in [0.4, 0.5) is 0 Å². The molecule has 5 aliphatic rings. The third-order valence-electron chi connectivity index (χ3n) is 11.3. The Bertz CT molecular complexity index is 1200. The van der Waals surface area contributed by atoms with Crippen molar-refractivity contribution in [2.75, 3.05) is 33.0 Å². The topological polar surface area (TPSA) is 90.9 Å². The number of unbranched alkanes of at least 4 members (excludes halogenated alkanes) is 1. The Labute approximate surface area is 318 Å². The normalized spacial score (nSPS) is 32.0. The molecule has 0 bridgehead atoms. The molecule has 0 radical (unpaired) electrons. The summed E-state index contributed by atoms with van der Waals surface area (Å²) in [4.78, 5) is 12.5. The third kappa shape index (κ3) is 14.3. The van der Waals surface area contributed by atoms with Gasteiger partial charge in [-0.15, -0.1) is 0 Å². The number of ether oxygens (including phenoxy) is 8. The number of carbonyl (C=O) groups excluding carboxylic acids is 1. The molecule has 1 aliphatic carbocycles. The Morgan fingerprint density at radius 3 is 2.00 bits per heavy atom. The molecule has 53 heavy (non-hydrogen) atoms. The Morgan fingerprint density at radius 2 is 1.36 bits per heavy atom. The molecule has 4 heterocycles. The first kappa shape index (κ1) is 40.7.